The van der Waals surface area contributed by atoms with Crippen molar-refractivity contribution in [2.24, 2.45) is 11.5 Å². The molecule has 4 N–H and O–H groups in total. The Morgan fingerprint density at radius 2 is 1.00 bits per heavy atom. The maximum atomic E-state index is 5.98. The zero-order valence-electron chi connectivity index (χ0n) is 11.5. The van der Waals surface area contributed by atoms with E-state index in [9.17, 15) is 0 Å². The Kier molecular flexibility index (Phi) is 4.97. The molecular formula is C9H29N3Si3. The molecule has 0 spiro atoms. The molecule has 0 heterocycles. The molecule has 0 unspecified atom stereocenters. The first-order valence-corrected chi connectivity index (χ1v) is 15.5. The molecule has 15 heavy (non-hydrogen) atoms. The van der Waals surface area contributed by atoms with Crippen LogP contribution in [-0.4, -0.2) is 40.9 Å². The van der Waals surface area contributed by atoms with Crippen LogP contribution in [0.5, 0.6) is 0 Å². The van der Waals surface area contributed by atoms with Gasteiger partial charge in [0.2, 0.25) is 0 Å². The van der Waals surface area contributed by atoms with Gasteiger partial charge in [-0.3, -0.25) is 0 Å². The maximum absolute atomic E-state index is 5.98. The van der Waals surface area contributed by atoms with E-state index in [0.29, 0.717) is 0 Å². The molecule has 92 valence electrons. The van der Waals surface area contributed by atoms with Crippen molar-refractivity contribution in [2.45, 2.75) is 45.8 Å². The highest BCUT2D eigenvalue weighted by molar-refractivity contribution is 7.04. The normalized spacial score (nSPS) is 14.8. The van der Waals surface area contributed by atoms with E-state index in [2.05, 4.69) is 49.7 Å². The maximum Gasteiger partial charge on any atom is 0.122 e. The molecule has 0 bridgehead atoms. The van der Waals surface area contributed by atoms with Crippen molar-refractivity contribution in [1.29, 1.82) is 0 Å². The first kappa shape index (κ1) is 15.5. The number of rotatable bonds is 5. The number of nitrogens with zero attached hydrogens (tertiary/aromatic N) is 1. The fourth-order valence-corrected chi connectivity index (χ4v) is 25.4. The molecule has 0 saturated heterocycles. The monoisotopic (exact) mass is 263 g/mol. The topological polar surface area (TPSA) is 55.3 Å². The lowest BCUT2D eigenvalue weighted by molar-refractivity contribution is 0.859. The Balaban J connectivity index is 5.27. The van der Waals surface area contributed by atoms with Crippen LogP contribution in [0.25, 0.3) is 0 Å². The fraction of sp³-hybridized carbons (Fsp3) is 1.00. The van der Waals surface area contributed by atoms with E-state index >= 15 is 0 Å². The molecule has 0 radical (unpaired) electrons. The van der Waals surface area contributed by atoms with Crippen molar-refractivity contribution in [3.63, 3.8) is 0 Å². The largest absolute Gasteiger partial charge is 0.367 e. The SMILES string of the molecule is C[Si](C)(C)N([Si](C)(C)CN)[Si](C)(C)CN. The Bertz CT molecular complexity index is 195. The summed E-state index contributed by atoms with van der Waals surface area (Å²) < 4.78 is 2.84. The van der Waals surface area contributed by atoms with E-state index in [0.717, 1.165) is 12.3 Å². The minimum atomic E-state index is -1.44. The lowest BCUT2D eigenvalue weighted by Gasteiger charge is -2.53. The van der Waals surface area contributed by atoms with Gasteiger partial charge >= 0.3 is 0 Å². The average molecular weight is 264 g/mol. The zero-order valence-corrected chi connectivity index (χ0v) is 14.5. The molecule has 0 rings (SSSR count). The predicted molar refractivity (Wildman–Crippen MR) is 78.3 cm³/mol. The van der Waals surface area contributed by atoms with Gasteiger partial charge in [0, 0.05) is 0 Å². The summed E-state index contributed by atoms with van der Waals surface area (Å²) in [5.41, 5.74) is 12.0. The van der Waals surface area contributed by atoms with Crippen LogP contribution in [0.4, 0.5) is 0 Å². The van der Waals surface area contributed by atoms with E-state index in [1.807, 2.05) is 0 Å². The van der Waals surface area contributed by atoms with Crippen molar-refractivity contribution < 1.29 is 0 Å². The minimum absolute atomic E-state index is 0.841. The Morgan fingerprint density at radius 1 is 0.733 bits per heavy atom. The van der Waals surface area contributed by atoms with Crippen LogP contribution in [0.1, 0.15) is 0 Å². The van der Waals surface area contributed by atoms with Gasteiger partial charge in [0.25, 0.3) is 0 Å². The summed E-state index contributed by atoms with van der Waals surface area (Å²) in [4.78, 5) is 0. The molecule has 0 amide bonds. The van der Waals surface area contributed by atoms with Gasteiger partial charge < -0.3 is 15.4 Å². The van der Waals surface area contributed by atoms with Crippen molar-refractivity contribution in [1.82, 2.24) is 3.90 Å². The first-order chi connectivity index (χ1) is 6.49. The van der Waals surface area contributed by atoms with Crippen LogP contribution in [0, 0.1) is 0 Å². The summed E-state index contributed by atoms with van der Waals surface area (Å²) in [5.74, 6) is 0. The fourth-order valence-electron chi connectivity index (χ4n) is 2.82. The summed E-state index contributed by atoms with van der Waals surface area (Å²) in [5, 5.41) is 0. The van der Waals surface area contributed by atoms with Crippen molar-refractivity contribution in [3.8, 4) is 0 Å². The smallest absolute Gasteiger partial charge is 0.122 e. The van der Waals surface area contributed by atoms with Crippen LogP contribution >= 0.6 is 0 Å². The van der Waals surface area contributed by atoms with Gasteiger partial charge in [-0.1, -0.05) is 45.8 Å². The van der Waals surface area contributed by atoms with E-state index in [1.165, 1.54) is 0 Å². The number of hydrogen-bond donors (Lipinski definition) is 2. The van der Waals surface area contributed by atoms with Crippen molar-refractivity contribution >= 4 is 24.7 Å². The number of nitrogens with two attached hydrogens (primary N) is 2. The van der Waals surface area contributed by atoms with Gasteiger partial charge in [-0.05, 0) is 12.3 Å². The summed E-state index contributed by atoms with van der Waals surface area (Å²) in [6.07, 6.45) is 1.68. The molecule has 0 atom stereocenters. The molecule has 0 aromatic carbocycles. The molecule has 0 aliphatic rings. The van der Waals surface area contributed by atoms with Crippen LogP contribution in [0.15, 0.2) is 0 Å². The number of hydrogen-bond acceptors (Lipinski definition) is 3. The zero-order chi connectivity index (χ0) is 12.5. The molecule has 6 heteroatoms. The molecule has 0 aromatic rings. The third-order valence-corrected chi connectivity index (χ3v) is 19.9. The van der Waals surface area contributed by atoms with E-state index in [1.54, 1.807) is 0 Å². The Labute approximate surface area is 98.5 Å². The summed E-state index contributed by atoms with van der Waals surface area (Å²) in [7, 11) is -4.19. The molecule has 0 saturated carbocycles. The van der Waals surface area contributed by atoms with E-state index in [-0.39, 0.29) is 0 Å². The standard InChI is InChI=1S/C9H29N3Si3/c1-13(2,3)12(14(4,5)8-10)15(6,7)9-11/h8-11H2,1-7H3. The van der Waals surface area contributed by atoms with Gasteiger partial charge in [0.1, 0.15) is 24.7 Å². The Hall–Kier alpha value is 0.531. The third kappa shape index (κ3) is 3.79. The van der Waals surface area contributed by atoms with E-state index in [4.69, 9.17) is 11.5 Å². The third-order valence-electron chi connectivity index (χ3n) is 2.88. The van der Waals surface area contributed by atoms with Gasteiger partial charge in [-0.25, -0.2) is 0 Å². The highest BCUT2D eigenvalue weighted by Crippen LogP contribution is 2.26. The average Bonchev–Trinajstić information content (AvgIpc) is 2.00. The van der Waals surface area contributed by atoms with Crippen LogP contribution in [-0.2, 0) is 0 Å². The quantitative estimate of drug-likeness (QED) is 0.740. The summed E-state index contributed by atoms with van der Waals surface area (Å²) in [6.45, 7) is 16.8. The highest BCUT2D eigenvalue weighted by atomic mass is 28.5. The van der Waals surface area contributed by atoms with Crippen LogP contribution < -0.4 is 11.5 Å². The van der Waals surface area contributed by atoms with E-state index < -0.39 is 24.7 Å². The Morgan fingerprint density at radius 3 is 1.13 bits per heavy atom. The van der Waals surface area contributed by atoms with Gasteiger partial charge in [-0.2, -0.15) is 0 Å². The molecule has 0 aliphatic heterocycles. The molecule has 0 aliphatic carbocycles. The molecule has 0 fully saturated rings. The predicted octanol–water partition coefficient (Wildman–Crippen LogP) is 1.53. The van der Waals surface area contributed by atoms with Gasteiger partial charge in [0.05, 0.1) is 0 Å². The second kappa shape index (κ2) is 4.80. The lowest BCUT2D eigenvalue weighted by Crippen LogP contribution is -2.75. The van der Waals surface area contributed by atoms with Crippen molar-refractivity contribution in [2.75, 3.05) is 12.3 Å². The van der Waals surface area contributed by atoms with Gasteiger partial charge in [-0.15, -0.1) is 0 Å². The molecule has 3 nitrogen and oxygen atoms in total. The first-order valence-electron chi connectivity index (χ1n) is 5.69. The van der Waals surface area contributed by atoms with Crippen LogP contribution in [0.2, 0.25) is 45.8 Å². The minimum Gasteiger partial charge on any atom is -0.367 e. The lowest BCUT2D eigenvalue weighted by atomic mass is 11.5. The summed E-state index contributed by atoms with van der Waals surface area (Å²) in [6, 6.07) is 0. The second-order valence-corrected chi connectivity index (χ2v) is 21.6. The second-order valence-electron chi connectivity index (χ2n) is 6.54. The van der Waals surface area contributed by atoms with Crippen LogP contribution in [0.3, 0.4) is 0 Å². The molecular weight excluding hydrogens is 234 g/mol. The summed E-state index contributed by atoms with van der Waals surface area (Å²) >= 11 is 0. The highest BCUT2D eigenvalue weighted by Gasteiger charge is 2.45. The van der Waals surface area contributed by atoms with Gasteiger partial charge in [0.15, 0.2) is 0 Å². The van der Waals surface area contributed by atoms with Crippen molar-refractivity contribution in [3.05, 3.63) is 0 Å². The molecule has 0 aromatic heterocycles.